The highest BCUT2D eigenvalue weighted by Crippen LogP contribution is 2.42. The molecule has 5 aromatic rings. The molecule has 6 rings (SSSR count). The number of nitrogens with zero attached hydrogens (tertiary/aromatic N) is 2. The van der Waals surface area contributed by atoms with Gasteiger partial charge >= 0.3 is 0 Å². The van der Waals surface area contributed by atoms with Gasteiger partial charge in [0.1, 0.15) is 5.82 Å². The zero-order chi connectivity index (χ0) is 32.2. The van der Waals surface area contributed by atoms with E-state index in [1.807, 2.05) is 62.7 Å². The number of nitrogens with two attached hydrogens (primary N) is 1. The maximum atomic E-state index is 14.0. The van der Waals surface area contributed by atoms with Crippen molar-refractivity contribution in [3.63, 3.8) is 0 Å². The van der Waals surface area contributed by atoms with Crippen LogP contribution in [0.4, 0.5) is 13.2 Å². The number of hydrogen-bond donors (Lipinski definition) is 2. The summed E-state index contributed by atoms with van der Waals surface area (Å²) >= 11 is 0. The standard InChI is InChI=1S/C36H33F3N4O2/c1-19(2)15-28-31(34(40)44)30(32-33(41-28)36(4,42-35(32)45)18-21-5-9-25(37)10-6-21)24-8-12-29-23(16-24)13-14-43(29)20(3)22-7-11-26(38)27(39)17-22/h5-14,16-17,19-20H,15,18H2,1-4H3,(H2,40,44)(H,42,45)/t20-,36-/m1/s1. The summed E-state index contributed by atoms with van der Waals surface area (Å²) in [5, 5.41) is 3.91. The monoisotopic (exact) mass is 610 g/mol. The summed E-state index contributed by atoms with van der Waals surface area (Å²) in [5.74, 6) is -3.08. The maximum Gasteiger partial charge on any atom is 0.254 e. The third kappa shape index (κ3) is 5.36. The lowest BCUT2D eigenvalue weighted by Crippen LogP contribution is -2.39. The third-order valence-corrected chi connectivity index (χ3v) is 8.58. The first-order valence-corrected chi connectivity index (χ1v) is 14.9. The van der Waals surface area contributed by atoms with Gasteiger partial charge in [0, 0.05) is 29.1 Å². The fraction of sp³-hybridized carbons (Fsp3) is 0.250. The highest BCUT2D eigenvalue weighted by Gasteiger charge is 2.44. The van der Waals surface area contributed by atoms with Crippen LogP contribution in [0.1, 0.15) is 77.0 Å². The van der Waals surface area contributed by atoms with Gasteiger partial charge in [0.2, 0.25) is 0 Å². The molecule has 0 radical (unpaired) electrons. The van der Waals surface area contributed by atoms with E-state index in [9.17, 15) is 22.8 Å². The number of benzene rings is 3. The van der Waals surface area contributed by atoms with E-state index in [2.05, 4.69) is 5.32 Å². The molecule has 1 aliphatic rings. The molecular formula is C36H33F3N4O2. The molecule has 45 heavy (non-hydrogen) atoms. The molecule has 0 fully saturated rings. The number of pyridine rings is 1. The van der Waals surface area contributed by atoms with E-state index in [4.69, 9.17) is 10.7 Å². The van der Waals surface area contributed by atoms with Gasteiger partial charge in [0.25, 0.3) is 11.8 Å². The molecule has 2 amide bonds. The first kappa shape index (κ1) is 30.1. The predicted molar refractivity (Wildman–Crippen MR) is 167 cm³/mol. The van der Waals surface area contributed by atoms with Crippen molar-refractivity contribution >= 4 is 22.7 Å². The molecule has 2 aromatic heterocycles. The number of fused-ring (bicyclic) bond motifs is 2. The Balaban J connectivity index is 1.52. The van der Waals surface area contributed by atoms with E-state index in [0.29, 0.717) is 40.9 Å². The van der Waals surface area contributed by atoms with Gasteiger partial charge in [0.15, 0.2) is 11.6 Å². The molecule has 3 aromatic carbocycles. The SMILES string of the molecule is CC(C)Cc1nc2c(c(-c3ccc4c(ccn4[C@H](C)c4ccc(F)c(F)c4)c3)c1C(N)=O)C(=O)N[C@]2(C)Cc1ccc(F)cc1. The van der Waals surface area contributed by atoms with Gasteiger partial charge in [-0.05, 0) is 85.3 Å². The van der Waals surface area contributed by atoms with Crippen molar-refractivity contribution < 1.29 is 22.8 Å². The Morgan fingerprint density at radius 3 is 2.36 bits per heavy atom. The topological polar surface area (TPSA) is 90.0 Å². The average molecular weight is 611 g/mol. The number of carbonyl (C=O) groups excluding carboxylic acids is 2. The molecule has 0 bridgehead atoms. The lowest BCUT2D eigenvalue weighted by Gasteiger charge is -2.26. The van der Waals surface area contributed by atoms with Crippen LogP contribution in [0.25, 0.3) is 22.0 Å². The summed E-state index contributed by atoms with van der Waals surface area (Å²) < 4.78 is 43.2. The molecule has 2 atom stereocenters. The van der Waals surface area contributed by atoms with Crippen molar-refractivity contribution in [3.05, 3.63) is 124 Å². The summed E-state index contributed by atoms with van der Waals surface area (Å²) in [6.07, 6.45) is 2.69. The highest BCUT2D eigenvalue weighted by atomic mass is 19.2. The smallest absolute Gasteiger partial charge is 0.254 e. The van der Waals surface area contributed by atoms with E-state index in [0.717, 1.165) is 22.5 Å². The van der Waals surface area contributed by atoms with Gasteiger partial charge in [-0.1, -0.05) is 38.1 Å². The second kappa shape index (κ2) is 11.2. The van der Waals surface area contributed by atoms with Crippen LogP contribution in [0.5, 0.6) is 0 Å². The van der Waals surface area contributed by atoms with Crippen molar-refractivity contribution in [1.29, 1.82) is 0 Å². The van der Waals surface area contributed by atoms with Crippen molar-refractivity contribution in [2.75, 3.05) is 0 Å². The molecule has 0 aliphatic carbocycles. The number of nitrogens with one attached hydrogen (secondary N) is 1. The van der Waals surface area contributed by atoms with E-state index in [-0.39, 0.29) is 34.8 Å². The Kier molecular flexibility index (Phi) is 7.51. The highest BCUT2D eigenvalue weighted by molar-refractivity contribution is 6.12. The fourth-order valence-electron chi connectivity index (χ4n) is 6.44. The number of carbonyl (C=O) groups is 2. The summed E-state index contributed by atoms with van der Waals surface area (Å²) in [5.41, 5.74) is 9.90. The Morgan fingerprint density at radius 2 is 1.69 bits per heavy atom. The van der Waals surface area contributed by atoms with E-state index in [1.165, 1.54) is 18.2 Å². The first-order valence-electron chi connectivity index (χ1n) is 14.9. The molecule has 1 aliphatic heterocycles. The van der Waals surface area contributed by atoms with Crippen molar-refractivity contribution in [2.24, 2.45) is 11.7 Å². The molecule has 0 saturated heterocycles. The molecule has 6 nitrogen and oxygen atoms in total. The summed E-state index contributed by atoms with van der Waals surface area (Å²) in [6.45, 7) is 7.81. The molecule has 0 spiro atoms. The average Bonchev–Trinajstić information content (AvgIpc) is 3.51. The van der Waals surface area contributed by atoms with Gasteiger partial charge in [-0.3, -0.25) is 14.6 Å². The van der Waals surface area contributed by atoms with Gasteiger partial charge < -0.3 is 15.6 Å². The fourth-order valence-corrected chi connectivity index (χ4v) is 6.44. The number of primary amides is 1. The minimum absolute atomic E-state index is 0.143. The van der Waals surface area contributed by atoms with Crippen LogP contribution >= 0.6 is 0 Å². The van der Waals surface area contributed by atoms with Gasteiger partial charge in [0.05, 0.1) is 34.1 Å². The second-order valence-corrected chi connectivity index (χ2v) is 12.4. The Bertz CT molecular complexity index is 1980. The van der Waals surface area contributed by atoms with Crippen LogP contribution < -0.4 is 11.1 Å². The molecule has 3 N–H and O–H groups in total. The first-order chi connectivity index (χ1) is 21.4. The summed E-state index contributed by atoms with van der Waals surface area (Å²) in [7, 11) is 0. The Morgan fingerprint density at radius 1 is 0.956 bits per heavy atom. The zero-order valence-electron chi connectivity index (χ0n) is 25.4. The molecule has 0 saturated carbocycles. The van der Waals surface area contributed by atoms with Crippen LogP contribution in [0.2, 0.25) is 0 Å². The third-order valence-electron chi connectivity index (χ3n) is 8.58. The number of amides is 2. The Labute approximate surface area is 259 Å². The van der Waals surface area contributed by atoms with E-state index >= 15 is 0 Å². The van der Waals surface area contributed by atoms with Crippen LogP contribution in [0.3, 0.4) is 0 Å². The minimum atomic E-state index is -0.922. The lowest BCUT2D eigenvalue weighted by atomic mass is 9.84. The molecular weight excluding hydrogens is 577 g/mol. The quantitative estimate of drug-likeness (QED) is 0.194. The molecule has 230 valence electrons. The van der Waals surface area contributed by atoms with Crippen LogP contribution in [0, 0.1) is 23.4 Å². The lowest BCUT2D eigenvalue weighted by molar-refractivity contribution is 0.0935. The van der Waals surface area contributed by atoms with Crippen LogP contribution in [0.15, 0.2) is 72.9 Å². The van der Waals surface area contributed by atoms with Gasteiger partial charge in [-0.2, -0.15) is 0 Å². The van der Waals surface area contributed by atoms with Crippen LogP contribution in [-0.2, 0) is 18.4 Å². The Hall–Kier alpha value is -4.92. The predicted octanol–water partition coefficient (Wildman–Crippen LogP) is 7.23. The maximum absolute atomic E-state index is 14.0. The van der Waals surface area contributed by atoms with Crippen molar-refractivity contribution in [1.82, 2.24) is 14.9 Å². The van der Waals surface area contributed by atoms with Crippen molar-refractivity contribution in [3.8, 4) is 11.1 Å². The molecule has 9 heteroatoms. The normalized spacial score (nSPS) is 16.7. The van der Waals surface area contributed by atoms with Gasteiger partial charge in [-0.25, -0.2) is 13.2 Å². The number of hydrogen-bond acceptors (Lipinski definition) is 3. The van der Waals surface area contributed by atoms with E-state index < -0.39 is 23.1 Å². The second-order valence-electron chi connectivity index (χ2n) is 12.4. The molecule has 0 unspecified atom stereocenters. The largest absolute Gasteiger partial charge is 0.366 e. The number of aromatic nitrogens is 2. The van der Waals surface area contributed by atoms with Crippen molar-refractivity contribution in [2.45, 2.75) is 52.1 Å². The summed E-state index contributed by atoms with van der Waals surface area (Å²) in [4.78, 5) is 31.8. The number of halogens is 3. The van der Waals surface area contributed by atoms with Crippen LogP contribution in [-0.4, -0.2) is 21.4 Å². The minimum Gasteiger partial charge on any atom is -0.366 e. The summed E-state index contributed by atoms with van der Waals surface area (Å²) in [6, 6.07) is 17.2. The number of rotatable bonds is 8. The van der Waals surface area contributed by atoms with E-state index in [1.54, 1.807) is 18.2 Å². The van der Waals surface area contributed by atoms with Gasteiger partial charge in [-0.15, -0.1) is 0 Å². The molecule has 3 heterocycles. The zero-order valence-corrected chi connectivity index (χ0v) is 25.4.